The highest BCUT2D eigenvalue weighted by molar-refractivity contribution is 5.77. The van der Waals surface area contributed by atoms with Crippen molar-refractivity contribution in [1.82, 2.24) is 14.9 Å². The van der Waals surface area contributed by atoms with E-state index >= 15 is 0 Å². The third-order valence-electron chi connectivity index (χ3n) is 5.38. The largest absolute Gasteiger partial charge is 0.348 e. The molecule has 6 nitrogen and oxygen atoms in total. The van der Waals surface area contributed by atoms with Crippen LogP contribution >= 0.6 is 0 Å². The van der Waals surface area contributed by atoms with Crippen LogP contribution in [0.2, 0.25) is 0 Å². The van der Waals surface area contributed by atoms with Gasteiger partial charge in [0.25, 0.3) is 5.56 Å². The highest BCUT2D eigenvalue weighted by atomic mass is 16.2. The monoisotopic (exact) mass is 402 g/mol. The van der Waals surface area contributed by atoms with E-state index in [-0.39, 0.29) is 24.1 Å². The first kappa shape index (κ1) is 19.9. The van der Waals surface area contributed by atoms with Gasteiger partial charge in [-0.1, -0.05) is 30.3 Å². The Balaban J connectivity index is 1.56. The van der Waals surface area contributed by atoms with Gasteiger partial charge in [-0.15, -0.1) is 0 Å². The highest BCUT2D eigenvalue weighted by Gasteiger charge is 2.24. The van der Waals surface area contributed by atoms with E-state index in [1.54, 1.807) is 6.92 Å². The van der Waals surface area contributed by atoms with E-state index in [9.17, 15) is 9.59 Å². The van der Waals surface area contributed by atoms with Crippen LogP contribution in [0.25, 0.3) is 0 Å². The lowest BCUT2D eigenvalue weighted by Crippen LogP contribution is -2.35. The summed E-state index contributed by atoms with van der Waals surface area (Å²) in [7, 11) is 0. The summed E-state index contributed by atoms with van der Waals surface area (Å²) in [5, 5.41) is 6.30. The molecule has 0 bridgehead atoms. The van der Waals surface area contributed by atoms with Crippen molar-refractivity contribution in [1.29, 1.82) is 0 Å². The number of aromatic nitrogens is 2. The first-order valence-corrected chi connectivity index (χ1v) is 10.2. The van der Waals surface area contributed by atoms with Crippen LogP contribution in [0.15, 0.2) is 53.3 Å². The topological polar surface area (TPSA) is 76.0 Å². The molecule has 1 aromatic heterocycles. The van der Waals surface area contributed by atoms with Crippen molar-refractivity contribution in [2.24, 2.45) is 0 Å². The van der Waals surface area contributed by atoms with E-state index < -0.39 is 0 Å². The zero-order chi connectivity index (χ0) is 21.3. The van der Waals surface area contributed by atoms with Crippen molar-refractivity contribution >= 4 is 17.5 Å². The van der Waals surface area contributed by atoms with Gasteiger partial charge in [0.1, 0.15) is 6.54 Å². The van der Waals surface area contributed by atoms with Gasteiger partial charge >= 0.3 is 0 Å². The number of fused-ring (bicyclic) bond motifs is 1. The number of rotatable bonds is 5. The number of amides is 1. The van der Waals surface area contributed by atoms with E-state index in [2.05, 4.69) is 33.8 Å². The first-order chi connectivity index (χ1) is 14.4. The Morgan fingerprint density at radius 3 is 2.60 bits per heavy atom. The summed E-state index contributed by atoms with van der Waals surface area (Å²) in [6, 6.07) is 15.7. The van der Waals surface area contributed by atoms with Crippen molar-refractivity contribution in [2.75, 3.05) is 5.32 Å². The lowest BCUT2D eigenvalue weighted by Gasteiger charge is -2.17. The average molecular weight is 402 g/mol. The minimum atomic E-state index is -0.253. The molecule has 154 valence electrons. The summed E-state index contributed by atoms with van der Waals surface area (Å²) in [4.78, 5) is 29.9. The molecule has 2 N–H and O–H groups in total. The van der Waals surface area contributed by atoms with Crippen molar-refractivity contribution in [3.05, 3.63) is 86.8 Å². The quantitative estimate of drug-likeness (QED) is 0.682. The highest BCUT2D eigenvalue weighted by Crippen LogP contribution is 2.30. The maximum Gasteiger partial charge on any atom is 0.255 e. The van der Waals surface area contributed by atoms with E-state index in [1.807, 2.05) is 38.1 Å². The number of carbonyl (C=O) groups is 1. The molecule has 0 saturated carbocycles. The molecule has 1 aliphatic carbocycles. The minimum Gasteiger partial charge on any atom is -0.348 e. The maximum atomic E-state index is 12.8. The van der Waals surface area contributed by atoms with Gasteiger partial charge in [-0.25, -0.2) is 4.98 Å². The SMILES string of the molecule is Cc1cc(C)cc(Nc2nc(C)cc(=O)n2CC(=O)N[C@@H]2CCc3ccccc32)c1. The Morgan fingerprint density at radius 2 is 1.83 bits per heavy atom. The molecule has 1 atom stereocenters. The number of hydrogen-bond acceptors (Lipinski definition) is 4. The Labute approximate surface area is 176 Å². The average Bonchev–Trinajstić information content (AvgIpc) is 3.07. The number of anilines is 2. The first-order valence-electron chi connectivity index (χ1n) is 10.2. The molecule has 1 amide bonds. The smallest absolute Gasteiger partial charge is 0.255 e. The van der Waals surface area contributed by atoms with Gasteiger partial charge in [0.2, 0.25) is 11.9 Å². The van der Waals surface area contributed by atoms with Gasteiger partial charge in [-0.2, -0.15) is 0 Å². The number of hydrogen-bond donors (Lipinski definition) is 2. The van der Waals surface area contributed by atoms with Crippen molar-refractivity contribution < 1.29 is 4.79 Å². The fraction of sp³-hybridized carbons (Fsp3) is 0.292. The number of carbonyl (C=O) groups excluding carboxylic acids is 1. The van der Waals surface area contributed by atoms with E-state index in [0.29, 0.717) is 11.6 Å². The maximum absolute atomic E-state index is 12.8. The molecular weight excluding hydrogens is 376 g/mol. The predicted molar refractivity (Wildman–Crippen MR) is 118 cm³/mol. The molecule has 0 radical (unpaired) electrons. The van der Waals surface area contributed by atoms with Gasteiger partial charge in [0.15, 0.2) is 0 Å². The molecule has 6 heteroatoms. The summed E-state index contributed by atoms with van der Waals surface area (Å²) in [6.07, 6.45) is 1.83. The van der Waals surface area contributed by atoms with Crippen LogP contribution in [0.4, 0.5) is 11.6 Å². The fourth-order valence-electron chi connectivity index (χ4n) is 4.14. The van der Waals surface area contributed by atoms with Crippen LogP contribution < -0.4 is 16.2 Å². The molecule has 0 aliphatic heterocycles. The van der Waals surface area contributed by atoms with Crippen LogP contribution in [-0.2, 0) is 17.8 Å². The standard InChI is InChI=1S/C24H26N4O2/c1-15-10-16(2)12-19(11-15)26-24-25-17(3)13-23(30)28(24)14-22(29)27-21-9-8-18-6-4-5-7-20(18)21/h4-7,10-13,21H,8-9,14H2,1-3H3,(H,25,26)(H,27,29)/t21-/m1/s1. The Hall–Kier alpha value is -3.41. The van der Waals surface area contributed by atoms with Crippen LogP contribution in [0.5, 0.6) is 0 Å². The number of aryl methyl sites for hydroxylation is 4. The van der Waals surface area contributed by atoms with Gasteiger partial charge in [0, 0.05) is 17.4 Å². The van der Waals surface area contributed by atoms with Crippen LogP contribution in [-0.4, -0.2) is 15.5 Å². The summed E-state index contributed by atoms with van der Waals surface area (Å²) in [6.45, 7) is 5.72. The Morgan fingerprint density at radius 1 is 1.10 bits per heavy atom. The molecular formula is C24H26N4O2. The molecule has 1 aliphatic rings. The molecule has 2 aromatic carbocycles. The van der Waals surface area contributed by atoms with E-state index in [1.165, 1.54) is 16.2 Å². The molecule has 1 heterocycles. The molecule has 0 spiro atoms. The summed E-state index contributed by atoms with van der Waals surface area (Å²) < 4.78 is 1.39. The lowest BCUT2D eigenvalue weighted by molar-refractivity contribution is -0.122. The predicted octanol–water partition coefficient (Wildman–Crippen LogP) is 3.72. The van der Waals surface area contributed by atoms with Gasteiger partial charge in [-0.05, 0) is 68.0 Å². The normalized spacial score (nSPS) is 15.0. The van der Waals surface area contributed by atoms with Crippen molar-refractivity contribution in [3.8, 4) is 0 Å². The third-order valence-corrected chi connectivity index (χ3v) is 5.38. The molecule has 3 aromatic rings. The number of nitrogens with zero attached hydrogens (tertiary/aromatic N) is 2. The molecule has 30 heavy (non-hydrogen) atoms. The minimum absolute atomic E-state index is 0.0151. The van der Waals surface area contributed by atoms with Crippen LogP contribution in [0.3, 0.4) is 0 Å². The van der Waals surface area contributed by atoms with Gasteiger partial charge in [-0.3, -0.25) is 14.2 Å². The second kappa shape index (κ2) is 8.14. The van der Waals surface area contributed by atoms with Gasteiger partial charge < -0.3 is 10.6 Å². The van der Waals surface area contributed by atoms with Crippen LogP contribution in [0.1, 0.15) is 40.4 Å². The van der Waals surface area contributed by atoms with E-state index in [0.717, 1.165) is 35.2 Å². The zero-order valence-electron chi connectivity index (χ0n) is 17.5. The Kier molecular flexibility index (Phi) is 5.40. The second-order valence-electron chi connectivity index (χ2n) is 8.00. The van der Waals surface area contributed by atoms with Gasteiger partial charge in [0.05, 0.1) is 6.04 Å². The fourth-order valence-corrected chi connectivity index (χ4v) is 4.14. The summed E-state index contributed by atoms with van der Waals surface area (Å²) >= 11 is 0. The lowest BCUT2D eigenvalue weighted by atomic mass is 10.1. The number of nitrogens with one attached hydrogen (secondary N) is 2. The second-order valence-corrected chi connectivity index (χ2v) is 8.00. The van der Waals surface area contributed by atoms with Crippen molar-refractivity contribution in [3.63, 3.8) is 0 Å². The molecule has 0 unspecified atom stereocenters. The third kappa shape index (κ3) is 4.27. The Bertz CT molecular complexity index is 1150. The summed E-state index contributed by atoms with van der Waals surface area (Å²) in [5.41, 5.74) is 5.84. The molecule has 0 fully saturated rings. The van der Waals surface area contributed by atoms with E-state index in [4.69, 9.17) is 0 Å². The van der Waals surface area contributed by atoms with Crippen LogP contribution in [0, 0.1) is 20.8 Å². The number of benzene rings is 2. The zero-order valence-corrected chi connectivity index (χ0v) is 17.5. The summed E-state index contributed by atoms with van der Waals surface area (Å²) in [5.74, 6) is 0.167. The van der Waals surface area contributed by atoms with Crippen molar-refractivity contribution in [2.45, 2.75) is 46.2 Å². The molecule has 0 saturated heterocycles. The molecule has 4 rings (SSSR count).